The van der Waals surface area contributed by atoms with Crippen molar-refractivity contribution in [3.05, 3.63) is 23.8 Å². The fraction of sp³-hybridized carbons (Fsp3) is 0.529. The van der Waals surface area contributed by atoms with E-state index in [2.05, 4.69) is 15.8 Å². The first-order valence-corrected chi connectivity index (χ1v) is 8.54. The lowest BCUT2D eigenvalue weighted by Gasteiger charge is -2.23. The van der Waals surface area contributed by atoms with E-state index in [0.29, 0.717) is 29.3 Å². The molecule has 0 aromatic heterocycles. The predicted octanol–water partition coefficient (Wildman–Crippen LogP) is 3.22. The average molecular weight is 335 g/mol. The molecule has 0 amide bonds. The highest BCUT2D eigenvalue weighted by molar-refractivity contribution is 7.80. The number of nitrogens with zero attached hydrogens (tertiary/aromatic N) is 1. The van der Waals surface area contributed by atoms with Crippen LogP contribution >= 0.6 is 12.2 Å². The van der Waals surface area contributed by atoms with E-state index in [1.54, 1.807) is 13.3 Å². The summed E-state index contributed by atoms with van der Waals surface area (Å²) in [4.78, 5) is 0. The van der Waals surface area contributed by atoms with Gasteiger partial charge in [0.15, 0.2) is 16.6 Å². The van der Waals surface area contributed by atoms with Gasteiger partial charge in [-0.25, -0.2) is 0 Å². The minimum atomic E-state index is 0.476. The Morgan fingerprint density at radius 1 is 1.30 bits per heavy atom. The molecule has 1 aliphatic rings. The number of rotatable bonds is 6. The van der Waals surface area contributed by atoms with Crippen molar-refractivity contribution in [2.45, 2.75) is 45.1 Å². The summed E-state index contributed by atoms with van der Waals surface area (Å²) in [7, 11) is 1.63. The molecule has 1 aromatic rings. The first-order chi connectivity index (χ1) is 11.2. The van der Waals surface area contributed by atoms with Gasteiger partial charge in [0.1, 0.15) is 0 Å². The summed E-state index contributed by atoms with van der Waals surface area (Å²) < 4.78 is 10.8. The van der Waals surface area contributed by atoms with Gasteiger partial charge in [-0.1, -0.05) is 19.3 Å². The Kier molecular flexibility index (Phi) is 7.13. The smallest absolute Gasteiger partial charge is 0.187 e. The monoisotopic (exact) mass is 335 g/mol. The van der Waals surface area contributed by atoms with Gasteiger partial charge in [0.2, 0.25) is 0 Å². The zero-order valence-electron chi connectivity index (χ0n) is 13.8. The third-order valence-corrected chi connectivity index (χ3v) is 4.02. The van der Waals surface area contributed by atoms with Crippen LogP contribution in [-0.2, 0) is 0 Å². The second kappa shape index (κ2) is 9.35. The predicted molar refractivity (Wildman–Crippen MR) is 97.5 cm³/mol. The van der Waals surface area contributed by atoms with Crippen LogP contribution in [0.4, 0.5) is 0 Å². The zero-order chi connectivity index (χ0) is 16.5. The van der Waals surface area contributed by atoms with Crippen LogP contribution in [0, 0.1) is 0 Å². The molecule has 23 heavy (non-hydrogen) atoms. The van der Waals surface area contributed by atoms with Crippen LogP contribution in [0.1, 0.15) is 44.6 Å². The summed E-state index contributed by atoms with van der Waals surface area (Å²) in [5.41, 5.74) is 3.79. The fourth-order valence-corrected chi connectivity index (χ4v) is 2.89. The lowest BCUT2D eigenvalue weighted by atomic mass is 9.96. The van der Waals surface area contributed by atoms with Gasteiger partial charge in [0.05, 0.1) is 19.9 Å². The molecule has 2 N–H and O–H groups in total. The van der Waals surface area contributed by atoms with E-state index in [1.807, 2.05) is 25.1 Å². The maximum Gasteiger partial charge on any atom is 0.187 e. The van der Waals surface area contributed by atoms with Gasteiger partial charge in [0.25, 0.3) is 0 Å². The van der Waals surface area contributed by atoms with Crippen LogP contribution in [0.15, 0.2) is 23.3 Å². The molecule has 2 rings (SSSR count). The minimum absolute atomic E-state index is 0.476. The number of hydrazone groups is 1. The van der Waals surface area contributed by atoms with E-state index in [-0.39, 0.29) is 0 Å². The van der Waals surface area contributed by atoms with Crippen molar-refractivity contribution < 1.29 is 9.47 Å². The Balaban J connectivity index is 1.86. The van der Waals surface area contributed by atoms with Crippen molar-refractivity contribution in [3.63, 3.8) is 0 Å². The number of ether oxygens (including phenoxy) is 2. The molecule has 0 heterocycles. The standard InChI is InChI=1S/C17H25N3O2S/c1-3-22-16-11-13(9-10-15(16)21-2)12-18-20-17(23)19-14-7-5-4-6-8-14/h9-12,14H,3-8H2,1-2H3,(H2,19,20,23)/b18-12-. The number of thiocarbonyl (C=S) groups is 1. The largest absolute Gasteiger partial charge is 0.493 e. The van der Waals surface area contributed by atoms with Crippen LogP contribution in [0.2, 0.25) is 0 Å². The molecule has 0 saturated heterocycles. The number of nitrogens with one attached hydrogen (secondary N) is 2. The third-order valence-electron chi connectivity index (χ3n) is 3.81. The van der Waals surface area contributed by atoms with E-state index < -0.39 is 0 Å². The van der Waals surface area contributed by atoms with Gasteiger partial charge in [-0.2, -0.15) is 5.10 Å². The highest BCUT2D eigenvalue weighted by atomic mass is 32.1. The molecule has 0 radical (unpaired) electrons. The molecule has 1 aromatic carbocycles. The Hall–Kier alpha value is -1.82. The van der Waals surface area contributed by atoms with Gasteiger partial charge in [-0.15, -0.1) is 0 Å². The molecule has 0 atom stereocenters. The molecule has 0 bridgehead atoms. The molecule has 1 saturated carbocycles. The van der Waals surface area contributed by atoms with Crippen molar-refractivity contribution in [2.24, 2.45) is 5.10 Å². The normalized spacial score (nSPS) is 15.4. The molecule has 0 unspecified atom stereocenters. The highest BCUT2D eigenvalue weighted by Crippen LogP contribution is 2.27. The van der Waals surface area contributed by atoms with E-state index in [0.717, 1.165) is 5.56 Å². The molecule has 1 aliphatic carbocycles. The summed E-state index contributed by atoms with van der Waals surface area (Å²) in [6.45, 7) is 2.53. The number of hydrogen-bond donors (Lipinski definition) is 2. The van der Waals surface area contributed by atoms with Gasteiger partial charge < -0.3 is 14.8 Å². The summed E-state index contributed by atoms with van der Waals surface area (Å²) in [5, 5.41) is 8.08. The Morgan fingerprint density at radius 3 is 2.78 bits per heavy atom. The number of methoxy groups -OCH3 is 1. The molecular formula is C17H25N3O2S. The topological polar surface area (TPSA) is 54.9 Å². The van der Waals surface area contributed by atoms with Crippen LogP contribution in [-0.4, -0.2) is 31.1 Å². The van der Waals surface area contributed by atoms with Crippen LogP contribution in [0.5, 0.6) is 11.5 Å². The zero-order valence-corrected chi connectivity index (χ0v) is 14.6. The molecule has 0 spiro atoms. The van der Waals surface area contributed by atoms with Gasteiger partial charge in [-0.05, 0) is 55.7 Å². The van der Waals surface area contributed by atoms with Crippen LogP contribution in [0.25, 0.3) is 0 Å². The molecule has 1 fully saturated rings. The summed E-state index contributed by atoms with van der Waals surface area (Å²) in [6, 6.07) is 6.16. The Labute approximate surface area is 143 Å². The van der Waals surface area contributed by atoms with Crippen molar-refractivity contribution in [1.29, 1.82) is 0 Å². The quantitative estimate of drug-likeness (QED) is 0.475. The van der Waals surface area contributed by atoms with Gasteiger partial charge >= 0.3 is 0 Å². The van der Waals surface area contributed by atoms with Crippen LogP contribution in [0.3, 0.4) is 0 Å². The number of benzene rings is 1. The van der Waals surface area contributed by atoms with Crippen molar-refractivity contribution >= 4 is 23.5 Å². The van der Waals surface area contributed by atoms with E-state index in [1.165, 1.54) is 32.1 Å². The molecular weight excluding hydrogens is 310 g/mol. The summed E-state index contributed by atoms with van der Waals surface area (Å²) >= 11 is 5.28. The second-order valence-electron chi connectivity index (χ2n) is 5.52. The van der Waals surface area contributed by atoms with Gasteiger partial charge in [-0.3, -0.25) is 5.43 Å². The highest BCUT2D eigenvalue weighted by Gasteiger charge is 2.13. The van der Waals surface area contributed by atoms with E-state index in [4.69, 9.17) is 21.7 Å². The SMILES string of the molecule is CCOc1cc(/C=N\NC(=S)NC2CCCCC2)ccc1OC. The average Bonchev–Trinajstić information content (AvgIpc) is 2.56. The summed E-state index contributed by atoms with van der Waals surface area (Å²) in [5.74, 6) is 1.42. The number of hydrogen-bond acceptors (Lipinski definition) is 4. The minimum Gasteiger partial charge on any atom is -0.493 e. The Bertz CT molecular complexity index is 543. The third kappa shape index (κ3) is 5.71. The van der Waals surface area contributed by atoms with E-state index >= 15 is 0 Å². The fourth-order valence-electron chi connectivity index (χ4n) is 2.67. The lowest BCUT2D eigenvalue weighted by molar-refractivity contribution is 0.311. The first-order valence-electron chi connectivity index (χ1n) is 8.13. The Morgan fingerprint density at radius 2 is 2.09 bits per heavy atom. The second-order valence-corrected chi connectivity index (χ2v) is 5.93. The van der Waals surface area contributed by atoms with Crippen LogP contribution < -0.4 is 20.2 Å². The maximum atomic E-state index is 5.55. The van der Waals surface area contributed by atoms with Crippen molar-refractivity contribution in [3.8, 4) is 11.5 Å². The van der Waals surface area contributed by atoms with Crippen molar-refractivity contribution in [1.82, 2.24) is 10.7 Å². The molecule has 6 heteroatoms. The van der Waals surface area contributed by atoms with Crippen molar-refractivity contribution in [2.75, 3.05) is 13.7 Å². The maximum absolute atomic E-state index is 5.55. The lowest BCUT2D eigenvalue weighted by Crippen LogP contribution is -2.40. The molecule has 5 nitrogen and oxygen atoms in total. The first kappa shape index (κ1) is 17.5. The summed E-state index contributed by atoms with van der Waals surface area (Å²) in [6.07, 6.45) is 7.96. The molecule has 126 valence electrons. The van der Waals surface area contributed by atoms with Gasteiger partial charge in [0, 0.05) is 6.04 Å². The van der Waals surface area contributed by atoms with E-state index in [9.17, 15) is 0 Å². The molecule has 0 aliphatic heterocycles.